The van der Waals surface area contributed by atoms with Gasteiger partial charge in [0.2, 0.25) is 16.7 Å². The molecule has 334 valence electrons. The summed E-state index contributed by atoms with van der Waals surface area (Å²) in [5.41, 5.74) is 8.72. The third kappa shape index (κ3) is 9.78. The van der Waals surface area contributed by atoms with Crippen molar-refractivity contribution in [1.82, 2.24) is 40.5 Å². The molecule has 63 heavy (non-hydrogen) atoms. The molecule has 5 atom stereocenters. The summed E-state index contributed by atoms with van der Waals surface area (Å²) in [6, 6.07) is 8.08. The van der Waals surface area contributed by atoms with Crippen LogP contribution in [0.25, 0.3) is 33.4 Å². The molecule has 3 aliphatic heterocycles. The van der Waals surface area contributed by atoms with Crippen LogP contribution in [0.5, 0.6) is 0 Å². The van der Waals surface area contributed by atoms with Gasteiger partial charge in [0.1, 0.15) is 12.1 Å². The number of nitrogens with one attached hydrogen (secondary N) is 3. The first-order valence-electron chi connectivity index (χ1n) is 21.6. The van der Waals surface area contributed by atoms with E-state index in [1.807, 2.05) is 50.4 Å². The minimum absolute atomic E-state index is 0.0633. The van der Waals surface area contributed by atoms with E-state index < -0.39 is 41.4 Å². The number of carbonyl (C=O) groups is 4. The highest BCUT2D eigenvalue weighted by Gasteiger charge is 2.42. The molecular formula is C46H58N9O7S+. The number of hydrazine groups is 1. The van der Waals surface area contributed by atoms with Crippen LogP contribution in [0, 0.1) is 34.0 Å². The summed E-state index contributed by atoms with van der Waals surface area (Å²) < 4.78 is 5.72. The number of pyridine rings is 1. The number of benzene rings is 1. The number of thiazole rings is 1. The summed E-state index contributed by atoms with van der Waals surface area (Å²) in [7, 11) is 3.25. The third-order valence-corrected chi connectivity index (χ3v) is 13.1. The standard InChI is InChI=1S/C46H57N9O7S/c1-9-12-39(56)53-20-17-30(24-53)44(58)52(7)42(27(2)3)43(57)50-35-22-38-48-36(25-63-38)29-15-16-34-32(21-29)33(41(49-34)31-13-10-18-47-40(31)28(4)61-8)23-46(5,6)26-62-55(60)37-14-11-19-54(51-37)45(35)59/h10,13,15-16,18,21,25,27-28,30,35,37,42,49,51H,11,14,17,19-20,22-24,26H2,1-8H3/p+1/t28-,30-,35-,37+,42-/m0/s1. The van der Waals surface area contributed by atoms with Gasteiger partial charge in [-0.3, -0.25) is 29.2 Å². The molecule has 2 fully saturated rings. The van der Waals surface area contributed by atoms with Gasteiger partial charge in [-0.05, 0) is 74.8 Å². The van der Waals surface area contributed by atoms with Gasteiger partial charge in [-0.15, -0.1) is 11.3 Å². The van der Waals surface area contributed by atoms with Gasteiger partial charge in [0.05, 0.1) is 39.0 Å². The number of aromatic amines is 1. The molecular weight excluding hydrogens is 823 g/mol. The zero-order chi connectivity index (χ0) is 45.2. The summed E-state index contributed by atoms with van der Waals surface area (Å²) in [4.78, 5) is 91.8. The van der Waals surface area contributed by atoms with Crippen molar-refractivity contribution in [3.63, 3.8) is 0 Å². The Morgan fingerprint density at radius 3 is 2.70 bits per heavy atom. The molecule has 0 spiro atoms. The molecule has 0 unspecified atom stereocenters. The Balaban J connectivity index is 1.23. The van der Waals surface area contributed by atoms with Gasteiger partial charge in [0.25, 0.3) is 11.8 Å². The Bertz CT molecular complexity index is 2450. The molecule has 6 heterocycles. The lowest BCUT2D eigenvalue weighted by Crippen LogP contribution is -2.62. The number of likely N-dealkylation sites (tertiary alicyclic amines) is 1. The van der Waals surface area contributed by atoms with E-state index in [2.05, 4.69) is 47.5 Å². The SMILES string of the molecule is CC#CC(=O)N1CC[C@H](C(=O)N(C)[C@H](C(=O)N[C@H]2Cc3nc(cs3)-c3ccc4[nH]c(-c5cccnc5[C@H](C)OC)c(c4c3)CC(C)(C)CO[N+](=O)[C@@H]3CCCN(N3)C2=O)C(C)C)C1. The molecule has 3 aromatic heterocycles. The lowest BCUT2D eigenvalue weighted by Gasteiger charge is -2.35. The first-order chi connectivity index (χ1) is 30.1. The highest BCUT2D eigenvalue weighted by Crippen LogP contribution is 2.40. The summed E-state index contributed by atoms with van der Waals surface area (Å²) in [5.74, 6) is 2.81. The van der Waals surface area contributed by atoms with E-state index >= 15 is 0 Å². The van der Waals surface area contributed by atoms with Crippen molar-refractivity contribution in [3.8, 4) is 34.4 Å². The van der Waals surface area contributed by atoms with Crippen molar-refractivity contribution < 1.29 is 33.7 Å². The maximum absolute atomic E-state index is 14.5. The minimum atomic E-state index is -1.09. The van der Waals surface area contributed by atoms with E-state index in [9.17, 15) is 24.1 Å². The molecule has 7 rings (SSSR count). The summed E-state index contributed by atoms with van der Waals surface area (Å²) in [6.45, 7) is 12.4. The van der Waals surface area contributed by atoms with E-state index in [1.165, 1.54) is 21.2 Å². The maximum Gasteiger partial charge on any atom is 0.326 e. The summed E-state index contributed by atoms with van der Waals surface area (Å²) >= 11 is 1.39. The Kier molecular flexibility index (Phi) is 13.6. The smallest absolute Gasteiger partial charge is 0.326 e. The van der Waals surface area contributed by atoms with E-state index in [0.717, 1.165) is 44.7 Å². The number of methoxy groups -OCH3 is 1. The van der Waals surface area contributed by atoms with Crippen LogP contribution in [-0.2, 0) is 41.6 Å². The molecule has 0 saturated carbocycles. The van der Waals surface area contributed by atoms with Crippen LogP contribution in [0.2, 0.25) is 0 Å². The second-order valence-corrected chi connectivity index (χ2v) is 18.8. The fourth-order valence-corrected chi connectivity index (χ4v) is 9.71. The van der Waals surface area contributed by atoms with E-state index in [-0.39, 0.29) is 43.4 Å². The molecule has 1 aromatic carbocycles. The Morgan fingerprint density at radius 1 is 1.16 bits per heavy atom. The quantitative estimate of drug-likeness (QED) is 0.199. The summed E-state index contributed by atoms with van der Waals surface area (Å²) in [5, 5.41) is 7.94. The van der Waals surface area contributed by atoms with Crippen LogP contribution in [-0.4, -0.2) is 117 Å². The van der Waals surface area contributed by atoms with Gasteiger partial charge in [0.15, 0.2) is 6.61 Å². The van der Waals surface area contributed by atoms with Crippen molar-refractivity contribution in [3.05, 3.63) is 63.1 Å². The fraction of sp³-hybridized carbons (Fsp3) is 0.522. The monoisotopic (exact) mass is 880 g/mol. The molecule has 3 N–H and O–H groups in total. The van der Waals surface area contributed by atoms with Crippen molar-refractivity contribution in [2.24, 2.45) is 17.3 Å². The zero-order valence-corrected chi connectivity index (χ0v) is 38.1. The molecule has 17 heteroatoms. The number of amides is 4. The number of hydrogen-bond donors (Lipinski definition) is 3. The lowest BCUT2D eigenvalue weighted by atomic mass is 9.84. The number of nitrogens with zero attached hydrogens (tertiary/aromatic N) is 6. The maximum atomic E-state index is 14.5. The van der Waals surface area contributed by atoms with Crippen LogP contribution in [0.3, 0.4) is 0 Å². The Morgan fingerprint density at radius 2 is 1.95 bits per heavy atom. The number of likely N-dealkylation sites (N-methyl/N-ethyl adjacent to an activating group) is 1. The van der Waals surface area contributed by atoms with Crippen LogP contribution >= 0.6 is 11.3 Å². The number of fused-ring (bicyclic) bond motifs is 6. The predicted molar refractivity (Wildman–Crippen MR) is 238 cm³/mol. The Hall–Kier alpha value is -5.70. The van der Waals surface area contributed by atoms with Crippen LogP contribution < -0.4 is 10.7 Å². The van der Waals surface area contributed by atoms with Gasteiger partial charge in [-0.2, -0.15) is 5.43 Å². The lowest BCUT2D eigenvalue weighted by molar-refractivity contribution is -0.835. The number of ether oxygens (including phenoxy) is 1. The first kappa shape index (κ1) is 45.3. The highest BCUT2D eigenvalue weighted by molar-refractivity contribution is 7.10. The molecule has 0 radical (unpaired) electrons. The average Bonchev–Trinajstić information content (AvgIpc) is 4.04. The van der Waals surface area contributed by atoms with Crippen molar-refractivity contribution in [2.45, 2.75) is 98.0 Å². The highest BCUT2D eigenvalue weighted by atomic mass is 32.1. The predicted octanol–water partition coefficient (Wildman–Crippen LogP) is 5.19. The number of H-pyrrole nitrogens is 1. The minimum Gasteiger partial charge on any atom is -0.375 e. The molecule has 16 nitrogen and oxygen atoms in total. The van der Waals surface area contributed by atoms with E-state index in [0.29, 0.717) is 48.7 Å². The largest absolute Gasteiger partial charge is 0.375 e. The number of hydrogen-bond acceptors (Lipinski definition) is 11. The molecule has 0 aliphatic carbocycles. The molecule has 4 amide bonds. The second kappa shape index (κ2) is 19.0. The topological polar surface area (TPSA) is 182 Å². The Labute approximate surface area is 372 Å². The number of carbonyl (C=O) groups excluding carboxylic acids is 4. The van der Waals surface area contributed by atoms with Gasteiger partial charge in [0, 0.05) is 85.7 Å². The van der Waals surface area contributed by atoms with Crippen molar-refractivity contribution >= 4 is 45.9 Å². The van der Waals surface area contributed by atoms with Crippen LogP contribution in [0.4, 0.5) is 0 Å². The fourth-order valence-electron chi connectivity index (χ4n) is 8.86. The average molecular weight is 881 g/mol. The molecule has 4 aromatic rings. The van der Waals surface area contributed by atoms with Crippen LogP contribution in [0.1, 0.15) is 83.2 Å². The molecule has 3 aliphatic rings. The first-order valence-corrected chi connectivity index (χ1v) is 22.5. The van der Waals surface area contributed by atoms with E-state index in [4.69, 9.17) is 19.5 Å². The second-order valence-electron chi connectivity index (χ2n) is 17.9. The summed E-state index contributed by atoms with van der Waals surface area (Å²) in [6.07, 6.45) is 2.64. The molecule has 2 saturated heterocycles. The zero-order valence-electron chi connectivity index (χ0n) is 37.3. The van der Waals surface area contributed by atoms with Crippen molar-refractivity contribution in [2.75, 3.05) is 40.4 Å². The number of rotatable bonds is 8. The van der Waals surface area contributed by atoms with E-state index in [1.54, 1.807) is 32.2 Å². The third-order valence-electron chi connectivity index (χ3n) is 12.2. The normalized spacial score (nSPS) is 21.3. The molecule has 6 bridgehead atoms. The van der Waals surface area contributed by atoms with Crippen molar-refractivity contribution in [1.29, 1.82) is 0 Å². The number of aromatic nitrogens is 3. The van der Waals surface area contributed by atoms with Gasteiger partial charge in [-0.1, -0.05) is 39.7 Å². The van der Waals surface area contributed by atoms with Gasteiger partial charge >= 0.3 is 6.17 Å². The van der Waals surface area contributed by atoms with Crippen LogP contribution in [0.15, 0.2) is 41.9 Å². The van der Waals surface area contributed by atoms with Gasteiger partial charge < -0.3 is 24.8 Å². The van der Waals surface area contributed by atoms with Gasteiger partial charge in [-0.25, -0.2) is 9.82 Å².